The van der Waals surface area contributed by atoms with Crippen LogP contribution in [-0.4, -0.2) is 19.3 Å². The predicted molar refractivity (Wildman–Crippen MR) is 72.8 cm³/mol. The van der Waals surface area contributed by atoms with Gasteiger partial charge in [-0.25, -0.2) is 0 Å². The van der Waals surface area contributed by atoms with Crippen molar-refractivity contribution in [3.05, 3.63) is 28.8 Å². The lowest BCUT2D eigenvalue weighted by molar-refractivity contribution is -0.0794. The molecule has 1 fully saturated rings. The van der Waals surface area contributed by atoms with E-state index in [1.165, 1.54) is 0 Å². The van der Waals surface area contributed by atoms with Gasteiger partial charge in [0.25, 0.3) is 0 Å². The second kappa shape index (κ2) is 4.79. The van der Waals surface area contributed by atoms with Gasteiger partial charge in [0, 0.05) is 23.6 Å². The van der Waals surface area contributed by atoms with Crippen molar-refractivity contribution in [3.63, 3.8) is 0 Å². The van der Waals surface area contributed by atoms with E-state index >= 15 is 0 Å². The Morgan fingerprint density at radius 1 is 1.50 bits per heavy atom. The topological polar surface area (TPSA) is 45.0 Å². The van der Waals surface area contributed by atoms with E-state index in [9.17, 15) is 0 Å². The molecule has 1 aromatic carbocycles. The molecule has 0 spiro atoms. The average molecular weight is 265 g/mol. The molecule has 0 saturated heterocycles. The van der Waals surface area contributed by atoms with Gasteiger partial charge in [-0.1, -0.05) is 25.4 Å². The largest absolute Gasteiger partial charge is 0.381 e. The van der Waals surface area contributed by atoms with E-state index in [-0.39, 0.29) is 11.5 Å². The summed E-state index contributed by atoms with van der Waals surface area (Å²) in [5, 5.41) is 13.1. The van der Waals surface area contributed by atoms with Crippen LogP contribution in [-0.2, 0) is 4.74 Å². The van der Waals surface area contributed by atoms with E-state index in [1.54, 1.807) is 25.3 Å². The van der Waals surface area contributed by atoms with Gasteiger partial charge in [-0.05, 0) is 24.6 Å². The van der Waals surface area contributed by atoms with E-state index in [4.69, 9.17) is 21.6 Å². The van der Waals surface area contributed by atoms with E-state index in [0.717, 1.165) is 12.1 Å². The lowest BCUT2D eigenvalue weighted by atomic mass is 9.64. The molecule has 4 heteroatoms. The number of hydrogen-bond donors (Lipinski definition) is 1. The molecule has 2 atom stereocenters. The fourth-order valence-electron chi connectivity index (χ4n) is 2.45. The molecule has 1 saturated carbocycles. The Bertz CT molecular complexity index is 493. The van der Waals surface area contributed by atoms with Crippen LogP contribution in [0, 0.1) is 16.7 Å². The van der Waals surface area contributed by atoms with Crippen LogP contribution in [0.1, 0.15) is 25.8 Å². The smallest absolute Gasteiger partial charge is 0.101 e. The molecule has 3 nitrogen and oxygen atoms in total. The van der Waals surface area contributed by atoms with Crippen molar-refractivity contribution in [3.8, 4) is 6.07 Å². The summed E-state index contributed by atoms with van der Waals surface area (Å²) in [7, 11) is 1.74. The van der Waals surface area contributed by atoms with Gasteiger partial charge in [0.05, 0.1) is 17.4 Å². The molecule has 1 N–H and O–H groups in total. The number of hydrogen-bond acceptors (Lipinski definition) is 3. The Labute approximate surface area is 113 Å². The lowest BCUT2D eigenvalue weighted by Crippen LogP contribution is -2.57. The molecule has 2 unspecified atom stereocenters. The van der Waals surface area contributed by atoms with Crippen molar-refractivity contribution in [2.24, 2.45) is 5.41 Å². The minimum absolute atomic E-state index is 0.0593. The standard InChI is InChI=1S/C14H17ClN2O/c1-14(2)12(7-13(14)18-3)17-11-6-10(15)5-4-9(11)8-16/h4-6,12-13,17H,7H2,1-3H3. The molecule has 1 aliphatic rings. The second-order valence-corrected chi connectivity index (χ2v) is 5.72. The van der Waals surface area contributed by atoms with Gasteiger partial charge in [0.2, 0.25) is 0 Å². The van der Waals surface area contributed by atoms with Crippen molar-refractivity contribution in [2.45, 2.75) is 32.4 Å². The van der Waals surface area contributed by atoms with Gasteiger partial charge in [0.15, 0.2) is 0 Å². The number of nitrogens with one attached hydrogen (secondary N) is 1. The molecule has 2 rings (SSSR count). The van der Waals surface area contributed by atoms with Crippen LogP contribution in [0.25, 0.3) is 0 Å². The zero-order valence-electron chi connectivity index (χ0n) is 10.8. The monoisotopic (exact) mass is 264 g/mol. The summed E-state index contributed by atoms with van der Waals surface area (Å²) in [5.41, 5.74) is 1.48. The van der Waals surface area contributed by atoms with Crippen molar-refractivity contribution >= 4 is 17.3 Å². The van der Waals surface area contributed by atoms with Crippen LogP contribution in [0.4, 0.5) is 5.69 Å². The maximum Gasteiger partial charge on any atom is 0.101 e. The third-order valence-corrected chi connectivity index (χ3v) is 4.13. The predicted octanol–water partition coefficient (Wildman–Crippen LogP) is 3.44. The molecule has 0 radical (unpaired) electrons. The number of methoxy groups -OCH3 is 1. The molecule has 0 aromatic heterocycles. The molecule has 0 heterocycles. The highest BCUT2D eigenvalue weighted by Gasteiger charge is 2.48. The van der Waals surface area contributed by atoms with Crippen molar-refractivity contribution in [1.29, 1.82) is 5.26 Å². The van der Waals surface area contributed by atoms with Crippen LogP contribution in [0.5, 0.6) is 0 Å². The number of benzene rings is 1. The third kappa shape index (κ3) is 2.19. The number of nitrogens with zero attached hydrogens (tertiary/aromatic N) is 1. The summed E-state index contributed by atoms with van der Waals surface area (Å²) >= 11 is 5.97. The Morgan fingerprint density at radius 2 is 2.22 bits per heavy atom. The fourth-order valence-corrected chi connectivity index (χ4v) is 2.62. The summed E-state index contributed by atoms with van der Waals surface area (Å²) in [4.78, 5) is 0. The minimum atomic E-state index is 0.0593. The van der Waals surface area contributed by atoms with E-state index < -0.39 is 0 Å². The van der Waals surface area contributed by atoms with Gasteiger partial charge in [0.1, 0.15) is 6.07 Å². The first kappa shape index (κ1) is 13.2. The van der Waals surface area contributed by atoms with Gasteiger partial charge >= 0.3 is 0 Å². The van der Waals surface area contributed by atoms with Crippen molar-refractivity contribution in [2.75, 3.05) is 12.4 Å². The highest BCUT2D eigenvalue weighted by Crippen LogP contribution is 2.44. The van der Waals surface area contributed by atoms with E-state index in [1.807, 2.05) is 0 Å². The first-order valence-electron chi connectivity index (χ1n) is 5.98. The highest BCUT2D eigenvalue weighted by molar-refractivity contribution is 6.30. The van der Waals surface area contributed by atoms with Gasteiger partial charge < -0.3 is 10.1 Å². The van der Waals surface area contributed by atoms with Gasteiger partial charge in [-0.3, -0.25) is 0 Å². The van der Waals surface area contributed by atoms with Gasteiger partial charge in [-0.2, -0.15) is 5.26 Å². The van der Waals surface area contributed by atoms with E-state index in [0.29, 0.717) is 16.6 Å². The molecule has 0 bridgehead atoms. The Hall–Kier alpha value is -1.24. The van der Waals surface area contributed by atoms with Crippen LogP contribution < -0.4 is 5.32 Å². The normalized spacial score (nSPS) is 25.1. The average Bonchev–Trinajstić information content (AvgIpc) is 2.34. The van der Waals surface area contributed by atoms with Crippen molar-refractivity contribution < 1.29 is 4.74 Å². The first-order chi connectivity index (χ1) is 8.48. The minimum Gasteiger partial charge on any atom is -0.381 e. The number of nitriles is 1. The van der Waals surface area contributed by atoms with Crippen molar-refractivity contribution in [1.82, 2.24) is 0 Å². The van der Waals surface area contributed by atoms with E-state index in [2.05, 4.69) is 25.2 Å². The maximum absolute atomic E-state index is 9.08. The molecule has 0 amide bonds. The maximum atomic E-state index is 9.08. The summed E-state index contributed by atoms with van der Waals surface area (Å²) in [6.07, 6.45) is 1.21. The molecule has 0 aliphatic heterocycles. The SMILES string of the molecule is COC1CC(Nc2cc(Cl)ccc2C#N)C1(C)C. The quantitative estimate of drug-likeness (QED) is 0.910. The Balaban J connectivity index is 2.17. The number of ether oxygens (including phenoxy) is 1. The molecule has 1 aliphatic carbocycles. The van der Waals surface area contributed by atoms with Crippen LogP contribution in [0.3, 0.4) is 0 Å². The number of halogens is 1. The lowest BCUT2D eigenvalue weighted by Gasteiger charge is -2.51. The molecule has 96 valence electrons. The Kier molecular flexibility index (Phi) is 3.52. The zero-order valence-corrected chi connectivity index (χ0v) is 11.6. The van der Waals surface area contributed by atoms with Crippen LogP contribution in [0.15, 0.2) is 18.2 Å². The van der Waals surface area contributed by atoms with Crippen LogP contribution in [0.2, 0.25) is 5.02 Å². The number of anilines is 1. The molecular formula is C14H17ClN2O. The number of rotatable bonds is 3. The second-order valence-electron chi connectivity index (χ2n) is 5.28. The van der Waals surface area contributed by atoms with Crippen LogP contribution >= 0.6 is 11.6 Å². The first-order valence-corrected chi connectivity index (χ1v) is 6.36. The molecule has 18 heavy (non-hydrogen) atoms. The summed E-state index contributed by atoms with van der Waals surface area (Å²) in [5.74, 6) is 0. The molecule has 1 aromatic rings. The fraction of sp³-hybridized carbons (Fsp3) is 0.500. The summed E-state index contributed by atoms with van der Waals surface area (Å²) in [6.45, 7) is 4.33. The molecular weight excluding hydrogens is 248 g/mol. The Morgan fingerprint density at radius 3 is 2.78 bits per heavy atom. The summed E-state index contributed by atoms with van der Waals surface area (Å²) < 4.78 is 5.42. The summed E-state index contributed by atoms with van der Waals surface area (Å²) in [6, 6.07) is 7.75. The zero-order chi connectivity index (χ0) is 13.3. The van der Waals surface area contributed by atoms with Gasteiger partial charge in [-0.15, -0.1) is 0 Å². The highest BCUT2D eigenvalue weighted by atomic mass is 35.5. The third-order valence-electron chi connectivity index (χ3n) is 3.89.